The molecule has 0 atom stereocenters. The fraction of sp³-hybridized carbons (Fsp3) is 0.583. The Balaban J connectivity index is 0.00000200. The molecule has 0 radical (unpaired) electrons. The zero-order valence-corrected chi connectivity index (χ0v) is 13.0. The van der Waals surface area contributed by atoms with Gasteiger partial charge in [0.25, 0.3) is 0 Å². The molecule has 2 rings (SSSR count). The van der Waals surface area contributed by atoms with Crippen LogP contribution in [0.3, 0.4) is 0 Å². The van der Waals surface area contributed by atoms with E-state index in [0.717, 1.165) is 25.7 Å². The zero-order valence-electron chi connectivity index (χ0n) is 11.3. The minimum atomic E-state index is -3.59. The Bertz CT molecular complexity index is 527. The first-order valence-corrected chi connectivity index (χ1v) is 7.74. The molecule has 1 saturated carbocycles. The van der Waals surface area contributed by atoms with Crippen LogP contribution in [0, 0.1) is 0 Å². The first kappa shape index (κ1) is 17.2. The summed E-state index contributed by atoms with van der Waals surface area (Å²) in [6.45, 7) is 0.315. The number of hydrogen-bond donors (Lipinski definition) is 2. The van der Waals surface area contributed by atoms with Gasteiger partial charge in [-0.1, -0.05) is 12.8 Å². The Morgan fingerprint density at radius 1 is 1.40 bits per heavy atom. The minimum Gasteiger partial charge on any atom is -0.481 e. The second-order valence-electron chi connectivity index (χ2n) is 4.83. The number of sulfonamides is 1. The predicted molar refractivity (Wildman–Crippen MR) is 78.6 cm³/mol. The highest BCUT2D eigenvalue weighted by molar-refractivity contribution is 7.89. The topological polar surface area (TPSA) is 94.3 Å². The number of halogens is 1. The third-order valence-electron chi connectivity index (χ3n) is 3.53. The summed E-state index contributed by atoms with van der Waals surface area (Å²) in [6, 6.07) is 3.01. The number of ether oxygens (including phenoxy) is 1. The Labute approximate surface area is 125 Å². The van der Waals surface area contributed by atoms with Gasteiger partial charge in [-0.25, -0.2) is 18.1 Å². The van der Waals surface area contributed by atoms with Crippen molar-refractivity contribution >= 4 is 22.4 Å². The van der Waals surface area contributed by atoms with Crippen molar-refractivity contribution in [3.8, 4) is 5.88 Å². The molecule has 3 N–H and O–H groups in total. The van der Waals surface area contributed by atoms with Crippen LogP contribution in [0.25, 0.3) is 0 Å². The third-order valence-corrected chi connectivity index (χ3v) is 5.09. The molecule has 6 nitrogen and oxygen atoms in total. The lowest BCUT2D eigenvalue weighted by Gasteiger charge is -2.28. The van der Waals surface area contributed by atoms with Gasteiger partial charge in [0.1, 0.15) is 4.90 Å². The number of rotatable bonds is 5. The molecule has 0 spiro atoms. The molecule has 1 fully saturated rings. The Kier molecular flexibility index (Phi) is 5.76. The summed E-state index contributed by atoms with van der Waals surface area (Å²) in [6.07, 6.45) is 4.86. The molecule has 0 bridgehead atoms. The van der Waals surface area contributed by atoms with Gasteiger partial charge < -0.3 is 10.5 Å². The maximum absolute atomic E-state index is 12.3. The van der Waals surface area contributed by atoms with Crippen LogP contribution in [-0.4, -0.2) is 32.6 Å². The van der Waals surface area contributed by atoms with Gasteiger partial charge in [-0.3, -0.25) is 0 Å². The Morgan fingerprint density at radius 3 is 2.50 bits per heavy atom. The SMILES string of the molecule is COc1ccc(S(=O)(=O)NC2(CN)CCCC2)cn1.Cl. The number of pyridine rings is 1. The first-order chi connectivity index (χ1) is 9.01. The molecule has 0 aliphatic heterocycles. The van der Waals surface area contributed by atoms with Gasteiger partial charge in [-0.05, 0) is 18.9 Å². The van der Waals surface area contributed by atoms with Crippen molar-refractivity contribution in [3.05, 3.63) is 18.3 Å². The molecular formula is C12H20ClN3O3S. The normalized spacial score (nSPS) is 17.5. The van der Waals surface area contributed by atoms with Gasteiger partial charge in [-0.2, -0.15) is 0 Å². The van der Waals surface area contributed by atoms with E-state index in [9.17, 15) is 8.42 Å². The summed E-state index contributed by atoms with van der Waals surface area (Å²) < 4.78 is 32.3. The average molecular weight is 322 g/mol. The van der Waals surface area contributed by atoms with Gasteiger partial charge in [0.15, 0.2) is 0 Å². The molecule has 1 aromatic heterocycles. The smallest absolute Gasteiger partial charge is 0.242 e. The lowest BCUT2D eigenvalue weighted by Crippen LogP contribution is -2.51. The molecule has 1 heterocycles. The molecule has 8 heteroatoms. The molecule has 0 unspecified atom stereocenters. The monoisotopic (exact) mass is 321 g/mol. The molecular weight excluding hydrogens is 302 g/mol. The summed E-state index contributed by atoms with van der Waals surface area (Å²) in [4.78, 5) is 4.05. The van der Waals surface area contributed by atoms with E-state index >= 15 is 0 Å². The molecule has 1 aliphatic rings. The lowest BCUT2D eigenvalue weighted by atomic mass is 10.0. The van der Waals surface area contributed by atoms with Gasteiger partial charge in [0, 0.05) is 18.2 Å². The van der Waals surface area contributed by atoms with Gasteiger partial charge in [0.2, 0.25) is 15.9 Å². The molecule has 1 aliphatic carbocycles. The quantitative estimate of drug-likeness (QED) is 0.845. The third kappa shape index (κ3) is 3.60. The lowest BCUT2D eigenvalue weighted by molar-refractivity contribution is 0.395. The highest BCUT2D eigenvalue weighted by Crippen LogP contribution is 2.30. The van der Waals surface area contributed by atoms with E-state index in [4.69, 9.17) is 10.5 Å². The highest BCUT2D eigenvalue weighted by atomic mass is 35.5. The number of hydrogen-bond acceptors (Lipinski definition) is 5. The van der Waals surface area contributed by atoms with Crippen LogP contribution in [0.15, 0.2) is 23.2 Å². The Morgan fingerprint density at radius 2 is 2.05 bits per heavy atom. The molecule has 0 amide bonds. The summed E-state index contributed by atoms with van der Waals surface area (Å²) in [7, 11) is -2.10. The Hall–Kier alpha value is -0.890. The second kappa shape index (κ2) is 6.71. The number of nitrogens with zero attached hydrogens (tertiary/aromatic N) is 1. The van der Waals surface area contributed by atoms with E-state index in [0.29, 0.717) is 12.4 Å². The maximum Gasteiger partial charge on any atom is 0.242 e. The fourth-order valence-electron chi connectivity index (χ4n) is 2.39. The zero-order chi connectivity index (χ0) is 13.9. The van der Waals surface area contributed by atoms with E-state index in [1.807, 2.05) is 0 Å². The van der Waals surface area contributed by atoms with E-state index in [1.54, 1.807) is 0 Å². The van der Waals surface area contributed by atoms with Crippen molar-refractivity contribution in [1.82, 2.24) is 9.71 Å². The van der Waals surface area contributed by atoms with Crippen molar-refractivity contribution in [3.63, 3.8) is 0 Å². The van der Waals surface area contributed by atoms with E-state index < -0.39 is 15.6 Å². The van der Waals surface area contributed by atoms with Crippen LogP contribution in [0.2, 0.25) is 0 Å². The average Bonchev–Trinajstić information content (AvgIpc) is 2.87. The van der Waals surface area contributed by atoms with Crippen molar-refractivity contribution in [1.29, 1.82) is 0 Å². The molecule has 0 aromatic carbocycles. The number of nitrogens with two attached hydrogens (primary N) is 1. The van der Waals surface area contributed by atoms with Crippen molar-refractivity contribution in [2.45, 2.75) is 36.1 Å². The van der Waals surface area contributed by atoms with Crippen LogP contribution in [0.1, 0.15) is 25.7 Å². The standard InChI is InChI=1S/C12H19N3O3S.ClH/c1-18-11-5-4-10(8-14-11)19(16,17)15-12(9-13)6-2-3-7-12;/h4-5,8,15H,2-3,6-7,9,13H2,1H3;1H. The van der Waals surface area contributed by atoms with Crippen molar-refractivity contribution < 1.29 is 13.2 Å². The van der Waals surface area contributed by atoms with Crippen LogP contribution in [0.5, 0.6) is 5.88 Å². The maximum atomic E-state index is 12.3. The summed E-state index contributed by atoms with van der Waals surface area (Å²) in [5.41, 5.74) is 5.24. The molecule has 0 saturated heterocycles. The highest BCUT2D eigenvalue weighted by Gasteiger charge is 2.36. The van der Waals surface area contributed by atoms with Crippen molar-refractivity contribution in [2.75, 3.05) is 13.7 Å². The first-order valence-electron chi connectivity index (χ1n) is 6.25. The largest absolute Gasteiger partial charge is 0.481 e. The molecule has 114 valence electrons. The van der Waals surface area contributed by atoms with Crippen LogP contribution >= 0.6 is 12.4 Å². The summed E-state index contributed by atoms with van der Waals surface area (Å²) in [5, 5.41) is 0. The van der Waals surface area contributed by atoms with E-state index in [-0.39, 0.29) is 17.3 Å². The van der Waals surface area contributed by atoms with E-state index in [1.165, 1.54) is 25.4 Å². The summed E-state index contributed by atoms with van der Waals surface area (Å²) >= 11 is 0. The van der Waals surface area contributed by atoms with Gasteiger partial charge in [0.05, 0.1) is 13.3 Å². The van der Waals surface area contributed by atoms with Gasteiger partial charge >= 0.3 is 0 Å². The van der Waals surface area contributed by atoms with Crippen LogP contribution in [0.4, 0.5) is 0 Å². The minimum absolute atomic E-state index is 0. The second-order valence-corrected chi connectivity index (χ2v) is 6.52. The summed E-state index contributed by atoms with van der Waals surface area (Å²) in [5.74, 6) is 0.383. The number of nitrogens with one attached hydrogen (secondary N) is 1. The van der Waals surface area contributed by atoms with Crippen LogP contribution in [-0.2, 0) is 10.0 Å². The molecule has 20 heavy (non-hydrogen) atoms. The molecule has 1 aromatic rings. The predicted octanol–water partition coefficient (Wildman–Crippen LogP) is 1.06. The number of aromatic nitrogens is 1. The van der Waals surface area contributed by atoms with Crippen LogP contribution < -0.4 is 15.2 Å². The number of methoxy groups -OCH3 is 1. The van der Waals surface area contributed by atoms with Crippen molar-refractivity contribution in [2.24, 2.45) is 5.73 Å². The van der Waals surface area contributed by atoms with E-state index in [2.05, 4.69) is 9.71 Å². The van der Waals surface area contributed by atoms with Gasteiger partial charge in [-0.15, -0.1) is 12.4 Å². The fourth-order valence-corrected chi connectivity index (χ4v) is 3.80.